The minimum atomic E-state index is -1.81. The molecule has 5 nitrogen and oxygen atoms in total. The Hall–Kier alpha value is -4.16. The van der Waals surface area contributed by atoms with E-state index in [1.165, 1.54) is 33.8 Å². The van der Waals surface area contributed by atoms with Crippen LogP contribution in [0.15, 0.2) is 135 Å². The van der Waals surface area contributed by atoms with Crippen molar-refractivity contribution in [1.82, 2.24) is 15.0 Å². The van der Waals surface area contributed by atoms with E-state index in [-0.39, 0.29) is 12.0 Å². The molecular formula is C29H25N3O2S. The van der Waals surface area contributed by atoms with Crippen molar-refractivity contribution in [2.75, 3.05) is 14.2 Å². The van der Waals surface area contributed by atoms with Crippen LogP contribution >= 0.6 is 10.0 Å². The molecule has 5 aromatic rings. The molecule has 0 radical (unpaired) electrons. The zero-order chi connectivity index (χ0) is 24.1. The van der Waals surface area contributed by atoms with Gasteiger partial charge in [-0.05, 0) is 48.5 Å². The summed E-state index contributed by atoms with van der Waals surface area (Å²) in [6.45, 7) is 0. The van der Waals surface area contributed by atoms with Crippen LogP contribution in [0.25, 0.3) is 11.4 Å². The standard InChI is InChI=1S/C29H25N3O2S/c1-33-28-30-27(31-29(32-28)34-2)22-13-12-20-26(21-22)35(23-14-6-3-7-15-23,24-16-8-4-9-17-24)25-18-10-5-11-19-25/h3-21H,1-2H3. The average Bonchev–Trinajstić information content (AvgIpc) is 2.95. The molecule has 6 heteroatoms. The fourth-order valence-corrected chi connectivity index (χ4v) is 8.08. The quantitative estimate of drug-likeness (QED) is 0.254. The molecule has 1 aromatic heterocycles. The van der Waals surface area contributed by atoms with Crippen LogP contribution in [-0.4, -0.2) is 29.2 Å². The lowest BCUT2D eigenvalue weighted by Gasteiger charge is -2.42. The Balaban J connectivity index is 1.81. The molecule has 0 unspecified atom stereocenters. The van der Waals surface area contributed by atoms with E-state index in [0.717, 1.165) is 5.56 Å². The largest absolute Gasteiger partial charge is 0.467 e. The van der Waals surface area contributed by atoms with E-state index in [0.29, 0.717) is 5.82 Å². The monoisotopic (exact) mass is 479 g/mol. The number of ether oxygens (including phenoxy) is 2. The Kier molecular flexibility index (Phi) is 6.46. The fraction of sp³-hybridized carbons (Fsp3) is 0.0690. The maximum absolute atomic E-state index is 5.29. The summed E-state index contributed by atoms with van der Waals surface area (Å²) in [6, 6.07) is 41.0. The zero-order valence-electron chi connectivity index (χ0n) is 19.5. The Morgan fingerprint density at radius 3 is 1.34 bits per heavy atom. The Bertz CT molecular complexity index is 1300. The lowest BCUT2D eigenvalue weighted by Crippen LogP contribution is -2.06. The van der Waals surface area contributed by atoms with Gasteiger partial charge in [-0.2, -0.15) is 9.97 Å². The van der Waals surface area contributed by atoms with E-state index >= 15 is 0 Å². The maximum Gasteiger partial charge on any atom is 0.322 e. The molecular weight excluding hydrogens is 454 g/mol. The first kappa shape index (κ1) is 22.6. The smallest absolute Gasteiger partial charge is 0.322 e. The van der Waals surface area contributed by atoms with Gasteiger partial charge in [-0.1, -0.05) is 66.7 Å². The van der Waals surface area contributed by atoms with E-state index in [1.807, 2.05) is 6.07 Å². The lowest BCUT2D eigenvalue weighted by molar-refractivity contribution is 0.341. The number of rotatable bonds is 7. The highest BCUT2D eigenvalue weighted by molar-refractivity contribution is 8.34. The number of nitrogens with zero attached hydrogens (tertiary/aromatic N) is 3. The SMILES string of the molecule is COc1nc(OC)nc(-c2cccc(S(c3ccccc3)(c3ccccc3)c3ccccc3)c2)n1. The number of hydrogen-bond donors (Lipinski definition) is 0. The minimum Gasteiger partial charge on any atom is -0.467 e. The summed E-state index contributed by atoms with van der Waals surface area (Å²) in [7, 11) is 1.26. The Morgan fingerprint density at radius 2 is 0.914 bits per heavy atom. The second-order valence-electron chi connectivity index (χ2n) is 7.71. The van der Waals surface area contributed by atoms with Gasteiger partial charge in [-0.3, -0.25) is 0 Å². The maximum atomic E-state index is 5.29. The van der Waals surface area contributed by atoms with Crippen LogP contribution in [-0.2, 0) is 0 Å². The predicted molar refractivity (Wildman–Crippen MR) is 138 cm³/mol. The van der Waals surface area contributed by atoms with Gasteiger partial charge >= 0.3 is 12.0 Å². The normalized spacial score (nSPS) is 11.6. The van der Waals surface area contributed by atoms with Crippen LogP contribution in [0.1, 0.15) is 0 Å². The van der Waals surface area contributed by atoms with Crippen molar-refractivity contribution in [3.05, 3.63) is 115 Å². The van der Waals surface area contributed by atoms with Gasteiger partial charge in [-0.15, -0.1) is 15.0 Å². The summed E-state index contributed by atoms with van der Waals surface area (Å²) in [5.41, 5.74) is 0.862. The second kappa shape index (κ2) is 9.99. The highest BCUT2D eigenvalue weighted by Gasteiger charge is 2.33. The van der Waals surface area contributed by atoms with Gasteiger partial charge in [0.15, 0.2) is 5.82 Å². The van der Waals surface area contributed by atoms with Crippen LogP contribution in [0.3, 0.4) is 0 Å². The summed E-state index contributed by atoms with van der Waals surface area (Å²) in [5.74, 6) is 0.498. The van der Waals surface area contributed by atoms with Crippen molar-refractivity contribution in [2.45, 2.75) is 19.6 Å². The molecule has 1 heterocycles. The average molecular weight is 480 g/mol. The minimum absolute atomic E-state index is 0.213. The van der Waals surface area contributed by atoms with Gasteiger partial charge in [-0.25, -0.2) is 0 Å². The molecule has 0 amide bonds. The van der Waals surface area contributed by atoms with Crippen molar-refractivity contribution >= 4 is 10.0 Å². The first-order chi connectivity index (χ1) is 17.3. The number of methoxy groups -OCH3 is 2. The van der Waals surface area contributed by atoms with Crippen molar-refractivity contribution < 1.29 is 9.47 Å². The topological polar surface area (TPSA) is 57.1 Å². The zero-order valence-corrected chi connectivity index (χ0v) is 20.4. The molecule has 4 aromatic carbocycles. The van der Waals surface area contributed by atoms with Gasteiger partial charge in [0.1, 0.15) is 0 Å². The number of benzene rings is 4. The number of aromatic nitrogens is 3. The summed E-state index contributed by atoms with van der Waals surface area (Å²) in [4.78, 5) is 18.1. The van der Waals surface area contributed by atoms with E-state index in [1.54, 1.807) is 0 Å². The van der Waals surface area contributed by atoms with Crippen LogP contribution in [0.4, 0.5) is 0 Å². The third-order valence-electron chi connectivity index (χ3n) is 5.70. The predicted octanol–water partition coefficient (Wildman–Crippen LogP) is 6.90. The second-order valence-corrected chi connectivity index (χ2v) is 10.8. The van der Waals surface area contributed by atoms with Crippen molar-refractivity contribution in [1.29, 1.82) is 0 Å². The molecule has 0 bridgehead atoms. The molecule has 0 N–H and O–H groups in total. The van der Waals surface area contributed by atoms with Gasteiger partial charge in [0.25, 0.3) is 0 Å². The molecule has 0 saturated heterocycles. The lowest BCUT2D eigenvalue weighted by atomic mass is 10.2. The first-order valence-corrected chi connectivity index (χ1v) is 12.8. The molecule has 0 saturated carbocycles. The number of hydrogen-bond acceptors (Lipinski definition) is 5. The summed E-state index contributed by atoms with van der Waals surface area (Å²) in [6.07, 6.45) is 0. The molecule has 0 aliphatic carbocycles. The van der Waals surface area contributed by atoms with Crippen molar-refractivity contribution in [3.63, 3.8) is 0 Å². The molecule has 0 aliphatic heterocycles. The van der Waals surface area contributed by atoms with Gasteiger partial charge in [0, 0.05) is 25.1 Å². The molecule has 35 heavy (non-hydrogen) atoms. The summed E-state index contributed by atoms with van der Waals surface area (Å²) in [5, 5.41) is 0. The molecule has 5 rings (SSSR count). The molecule has 0 aliphatic rings. The highest BCUT2D eigenvalue weighted by atomic mass is 32.3. The van der Waals surface area contributed by atoms with Crippen LogP contribution in [0.2, 0.25) is 0 Å². The van der Waals surface area contributed by atoms with Crippen molar-refractivity contribution in [2.24, 2.45) is 0 Å². The van der Waals surface area contributed by atoms with Gasteiger partial charge in [0.05, 0.1) is 14.2 Å². The van der Waals surface area contributed by atoms with Crippen LogP contribution < -0.4 is 9.47 Å². The van der Waals surface area contributed by atoms with E-state index in [2.05, 4.69) is 124 Å². The third-order valence-corrected chi connectivity index (χ3v) is 9.59. The van der Waals surface area contributed by atoms with E-state index < -0.39 is 10.0 Å². The van der Waals surface area contributed by atoms with Crippen molar-refractivity contribution in [3.8, 4) is 23.4 Å². The van der Waals surface area contributed by atoms with E-state index in [9.17, 15) is 0 Å². The van der Waals surface area contributed by atoms with Crippen LogP contribution in [0, 0.1) is 0 Å². The summed E-state index contributed by atoms with van der Waals surface area (Å²) >= 11 is 0. The molecule has 0 atom stereocenters. The van der Waals surface area contributed by atoms with Crippen LogP contribution in [0.5, 0.6) is 12.0 Å². The van der Waals surface area contributed by atoms with Gasteiger partial charge in [0.2, 0.25) is 0 Å². The molecule has 0 spiro atoms. The Labute approximate surface area is 206 Å². The van der Waals surface area contributed by atoms with Gasteiger partial charge < -0.3 is 9.47 Å². The third kappa shape index (κ3) is 4.24. The molecule has 0 fully saturated rings. The summed E-state index contributed by atoms with van der Waals surface area (Å²) < 4.78 is 10.6. The Morgan fingerprint density at radius 1 is 0.486 bits per heavy atom. The molecule has 174 valence electrons. The first-order valence-electron chi connectivity index (χ1n) is 11.2. The van der Waals surface area contributed by atoms with E-state index in [4.69, 9.17) is 9.47 Å². The highest BCUT2D eigenvalue weighted by Crippen LogP contribution is 2.73. The fourth-order valence-electron chi connectivity index (χ4n) is 4.17.